The molecule has 2 heteroatoms. The van der Waals surface area contributed by atoms with Crippen molar-refractivity contribution in [1.29, 1.82) is 0 Å². The molecule has 0 aromatic carbocycles. The summed E-state index contributed by atoms with van der Waals surface area (Å²) in [6, 6.07) is 0. The Morgan fingerprint density at radius 2 is 1.81 bits per heavy atom. The predicted molar refractivity (Wildman–Crippen MR) is 71.0 cm³/mol. The largest absolute Gasteiger partial charge is 0.293 e. The van der Waals surface area contributed by atoms with Gasteiger partial charge in [-0.3, -0.25) is 4.90 Å². The van der Waals surface area contributed by atoms with Gasteiger partial charge in [-0.1, -0.05) is 32.9 Å². The SMILES string of the molecule is CC1(C)CC2(C)CN3CCC=CC3(C1)C2.Cl. The van der Waals surface area contributed by atoms with Crippen LogP contribution in [0, 0.1) is 10.8 Å². The number of nitrogens with zero attached hydrogens (tertiary/aromatic N) is 1. The molecule has 0 aromatic heterocycles. The molecule has 0 N–H and O–H groups in total. The zero-order chi connectivity index (χ0) is 10.7. The molecule has 2 heterocycles. The summed E-state index contributed by atoms with van der Waals surface area (Å²) in [5, 5.41) is 0. The van der Waals surface area contributed by atoms with Gasteiger partial charge in [-0.25, -0.2) is 0 Å². The van der Waals surface area contributed by atoms with Gasteiger partial charge < -0.3 is 0 Å². The molecule has 2 aliphatic heterocycles. The highest BCUT2D eigenvalue weighted by atomic mass is 35.5. The lowest BCUT2D eigenvalue weighted by Crippen LogP contribution is -2.48. The van der Waals surface area contributed by atoms with Crippen molar-refractivity contribution in [2.75, 3.05) is 13.1 Å². The molecule has 0 amide bonds. The maximum Gasteiger partial charge on any atom is 0.0402 e. The standard InChI is InChI=1S/C14H23N.ClH/c1-12(2)8-13(3)10-14(9-12)6-4-5-7-15(14)11-13;/h4,6H,5,7-11H2,1-3H3;1H. The maximum atomic E-state index is 2.77. The molecule has 0 radical (unpaired) electrons. The van der Waals surface area contributed by atoms with Gasteiger partial charge in [0.2, 0.25) is 0 Å². The van der Waals surface area contributed by atoms with Crippen LogP contribution in [0.25, 0.3) is 0 Å². The van der Waals surface area contributed by atoms with Crippen LogP contribution in [0.2, 0.25) is 0 Å². The second kappa shape index (κ2) is 3.49. The fourth-order valence-electron chi connectivity index (χ4n) is 4.92. The van der Waals surface area contributed by atoms with E-state index >= 15 is 0 Å². The highest BCUT2D eigenvalue weighted by Crippen LogP contribution is 2.58. The quantitative estimate of drug-likeness (QED) is 0.586. The molecule has 2 fully saturated rings. The summed E-state index contributed by atoms with van der Waals surface area (Å²) in [7, 11) is 0. The Morgan fingerprint density at radius 3 is 2.56 bits per heavy atom. The number of hydrogen-bond acceptors (Lipinski definition) is 1. The van der Waals surface area contributed by atoms with Crippen LogP contribution in [0.3, 0.4) is 0 Å². The van der Waals surface area contributed by atoms with E-state index in [0.717, 1.165) is 0 Å². The first-order valence-corrected chi connectivity index (χ1v) is 6.36. The van der Waals surface area contributed by atoms with Crippen molar-refractivity contribution in [2.45, 2.75) is 52.0 Å². The van der Waals surface area contributed by atoms with Crippen molar-refractivity contribution >= 4 is 12.4 Å². The second-order valence-electron chi connectivity index (χ2n) is 7.22. The van der Waals surface area contributed by atoms with Gasteiger partial charge in [0.1, 0.15) is 0 Å². The lowest BCUT2D eigenvalue weighted by molar-refractivity contribution is 0.0811. The Hall–Kier alpha value is -0.0100. The number of halogens is 1. The minimum Gasteiger partial charge on any atom is -0.293 e. The van der Waals surface area contributed by atoms with E-state index in [1.54, 1.807) is 0 Å². The molecule has 1 aliphatic carbocycles. The fraction of sp³-hybridized carbons (Fsp3) is 0.857. The first kappa shape index (κ1) is 12.4. The van der Waals surface area contributed by atoms with Crippen molar-refractivity contribution in [3.8, 4) is 0 Å². The second-order valence-corrected chi connectivity index (χ2v) is 7.22. The Morgan fingerprint density at radius 1 is 1.06 bits per heavy atom. The van der Waals surface area contributed by atoms with Gasteiger partial charge in [0, 0.05) is 18.6 Å². The third-order valence-corrected chi connectivity index (χ3v) is 4.62. The smallest absolute Gasteiger partial charge is 0.0402 e. The third kappa shape index (κ3) is 1.73. The summed E-state index contributed by atoms with van der Waals surface area (Å²) in [4.78, 5) is 2.77. The molecular weight excluding hydrogens is 218 g/mol. The highest BCUT2D eigenvalue weighted by molar-refractivity contribution is 5.85. The normalized spacial score (nSPS) is 44.9. The van der Waals surface area contributed by atoms with E-state index in [2.05, 4.69) is 37.8 Å². The highest BCUT2D eigenvalue weighted by Gasteiger charge is 2.57. The number of hydrogen-bond donors (Lipinski definition) is 0. The summed E-state index contributed by atoms with van der Waals surface area (Å²) in [6.07, 6.45) is 10.4. The minimum atomic E-state index is 0. The lowest BCUT2D eigenvalue weighted by atomic mass is 9.60. The first-order valence-electron chi connectivity index (χ1n) is 6.36. The van der Waals surface area contributed by atoms with Crippen molar-refractivity contribution in [2.24, 2.45) is 10.8 Å². The number of fused-ring (bicyclic) bond motifs is 1. The predicted octanol–water partition coefficient (Wildman–Crippen LogP) is 3.64. The van der Waals surface area contributed by atoms with Gasteiger partial charge in [-0.15, -0.1) is 12.4 Å². The Labute approximate surface area is 106 Å². The first-order chi connectivity index (χ1) is 6.93. The van der Waals surface area contributed by atoms with Crippen LogP contribution in [-0.4, -0.2) is 23.5 Å². The van der Waals surface area contributed by atoms with E-state index < -0.39 is 0 Å². The van der Waals surface area contributed by atoms with Crippen molar-refractivity contribution in [3.63, 3.8) is 0 Å². The van der Waals surface area contributed by atoms with E-state index in [4.69, 9.17) is 0 Å². The molecule has 2 unspecified atom stereocenters. The van der Waals surface area contributed by atoms with Crippen molar-refractivity contribution < 1.29 is 0 Å². The van der Waals surface area contributed by atoms with Crippen LogP contribution in [0.5, 0.6) is 0 Å². The van der Waals surface area contributed by atoms with Crippen LogP contribution in [0.4, 0.5) is 0 Å². The van der Waals surface area contributed by atoms with Crippen LogP contribution >= 0.6 is 12.4 Å². The molecule has 1 spiro atoms. The molecule has 0 aromatic rings. The van der Waals surface area contributed by atoms with E-state index in [9.17, 15) is 0 Å². The molecule has 3 aliphatic rings. The molecule has 1 nitrogen and oxygen atoms in total. The summed E-state index contributed by atoms with van der Waals surface area (Å²) in [6.45, 7) is 10.0. The fourth-order valence-corrected chi connectivity index (χ4v) is 4.92. The summed E-state index contributed by atoms with van der Waals surface area (Å²) in [5.74, 6) is 0. The van der Waals surface area contributed by atoms with E-state index in [-0.39, 0.29) is 12.4 Å². The van der Waals surface area contributed by atoms with Crippen molar-refractivity contribution in [1.82, 2.24) is 4.90 Å². The molecule has 92 valence electrons. The molecule has 1 saturated heterocycles. The van der Waals surface area contributed by atoms with Gasteiger partial charge in [-0.05, 0) is 36.5 Å². The van der Waals surface area contributed by atoms with Gasteiger partial charge >= 0.3 is 0 Å². The van der Waals surface area contributed by atoms with Crippen LogP contribution in [0.1, 0.15) is 46.5 Å². The molecular formula is C14H24ClN. The summed E-state index contributed by atoms with van der Waals surface area (Å²) < 4.78 is 0. The average Bonchev–Trinajstić information content (AvgIpc) is 2.27. The minimum absolute atomic E-state index is 0. The Kier molecular flexibility index (Phi) is 2.72. The molecule has 16 heavy (non-hydrogen) atoms. The zero-order valence-electron chi connectivity index (χ0n) is 10.8. The molecule has 1 saturated carbocycles. The van der Waals surface area contributed by atoms with Gasteiger partial charge in [-0.2, -0.15) is 0 Å². The van der Waals surface area contributed by atoms with E-state index in [0.29, 0.717) is 16.4 Å². The topological polar surface area (TPSA) is 3.24 Å². The average molecular weight is 242 g/mol. The Bertz CT molecular complexity index is 323. The molecule has 3 rings (SSSR count). The van der Waals surface area contributed by atoms with E-state index in [1.807, 2.05) is 0 Å². The maximum absolute atomic E-state index is 2.77. The summed E-state index contributed by atoms with van der Waals surface area (Å²) in [5.41, 5.74) is 1.55. The zero-order valence-corrected chi connectivity index (χ0v) is 11.6. The number of rotatable bonds is 0. The van der Waals surface area contributed by atoms with Crippen molar-refractivity contribution in [3.05, 3.63) is 12.2 Å². The van der Waals surface area contributed by atoms with Crippen LogP contribution in [-0.2, 0) is 0 Å². The van der Waals surface area contributed by atoms with Gasteiger partial charge in [0.15, 0.2) is 0 Å². The van der Waals surface area contributed by atoms with Gasteiger partial charge in [0.05, 0.1) is 0 Å². The summed E-state index contributed by atoms with van der Waals surface area (Å²) >= 11 is 0. The van der Waals surface area contributed by atoms with Gasteiger partial charge in [0.25, 0.3) is 0 Å². The van der Waals surface area contributed by atoms with Crippen LogP contribution in [0.15, 0.2) is 12.2 Å². The Balaban J connectivity index is 0.000000963. The lowest BCUT2D eigenvalue weighted by Gasteiger charge is -2.47. The molecule has 2 bridgehead atoms. The van der Waals surface area contributed by atoms with Crippen LogP contribution < -0.4 is 0 Å². The monoisotopic (exact) mass is 241 g/mol. The van der Waals surface area contributed by atoms with E-state index in [1.165, 1.54) is 38.8 Å². The molecule has 2 atom stereocenters. The third-order valence-electron chi connectivity index (χ3n) is 4.62.